The molecule has 0 aliphatic carbocycles. The number of aromatic nitrogens is 3. The van der Waals surface area contributed by atoms with Gasteiger partial charge < -0.3 is 11.1 Å². The Hall–Kier alpha value is -1.50. The maximum atomic E-state index is 12.5. The van der Waals surface area contributed by atoms with Crippen molar-refractivity contribution in [2.45, 2.75) is 46.1 Å². The van der Waals surface area contributed by atoms with Crippen molar-refractivity contribution in [2.75, 3.05) is 0 Å². The normalized spacial score (nSPS) is 11.3. The number of amides is 1. The number of aryl methyl sites for hydroxylation is 1. The Labute approximate surface area is 125 Å². The highest BCUT2D eigenvalue weighted by molar-refractivity contribution is 7.80. The van der Waals surface area contributed by atoms with Gasteiger partial charge in [-0.1, -0.05) is 38.9 Å². The van der Waals surface area contributed by atoms with Crippen LogP contribution in [0.25, 0.3) is 0 Å². The maximum Gasteiger partial charge on any atom is 0.233 e. The monoisotopic (exact) mass is 297 g/mol. The number of hydrogen-bond donors (Lipinski definition) is 2. The molecule has 0 atom stereocenters. The van der Waals surface area contributed by atoms with Gasteiger partial charge in [-0.25, -0.2) is 4.98 Å². The molecule has 6 nitrogen and oxygen atoms in total. The summed E-state index contributed by atoms with van der Waals surface area (Å²) in [7, 11) is 1.78. The van der Waals surface area contributed by atoms with E-state index in [1.807, 2.05) is 13.8 Å². The van der Waals surface area contributed by atoms with E-state index in [1.165, 1.54) is 0 Å². The SMILES string of the molecule is CCCC(CCC)(C(=O)NCc1ncn(C)n1)C(N)=S. The van der Waals surface area contributed by atoms with Gasteiger partial charge in [-0.3, -0.25) is 9.48 Å². The first kappa shape index (κ1) is 16.6. The summed E-state index contributed by atoms with van der Waals surface area (Å²) >= 11 is 5.15. The molecule has 112 valence electrons. The van der Waals surface area contributed by atoms with E-state index in [9.17, 15) is 4.79 Å². The van der Waals surface area contributed by atoms with Crippen molar-refractivity contribution >= 4 is 23.1 Å². The first-order valence-corrected chi connectivity index (χ1v) is 7.29. The standard InChI is InChI=1S/C13H23N5OS/c1-4-6-13(7-5-2,11(14)20)12(19)15-8-10-16-9-18(3)17-10/h9H,4-8H2,1-3H3,(H2,14,20)(H,15,19). The van der Waals surface area contributed by atoms with Gasteiger partial charge in [-0.2, -0.15) is 5.10 Å². The zero-order valence-corrected chi connectivity index (χ0v) is 13.2. The molecule has 0 radical (unpaired) electrons. The first-order valence-electron chi connectivity index (χ1n) is 6.89. The summed E-state index contributed by atoms with van der Waals surface area (Å²) < 4.78 is 1.60. The van der Waals surface area contributed by atoms with E-state index in [0.29, 0.717) is 18.7 Å². The number of nitrogens with zero attached hydrogens (tertiary/aromatic N) is 3. The number of hydrogen-bond acceptors (Lipinski definition) is 4. The zero-order valence-electron chi connectivity index (χ0n) is 12.3. The van der Waals surface area contributed by atoms with Crippen molar-refractivity contribution in [1.82, 2.24) is 20.1 Å². The molecule has 7 heteroatoms. The largest absolute Gasteiger partial charge is 0.392 e. The minimum absolute atomic E-state index is 0.124. The van der Waals surface area contributed by atoms with E-state index in [0.717, 1.165) is 12.8 Å². The molecule has 1 aromatic heterocycles. The second-order valence-electron chi connectivity index (χ2n) is 4.96. The van der Waals surface area contributed by atoms with Gasteiger partial charge in [0, 0.05) is 7.05 Å². The topological polar surface area (TPSA) is 85.8 Å². The predicted molar refractivity (Wildman–Crippen MR) is 81.9 cm³/mol. The van der Waals surface area contributed by atoms with Crippen LogP contribution in [0.4, 0.5) is 0 Å². The average Bonchev–Trinajstić information content (AvgIpc) is 2.81. The summed E-state index contributed by atoms with van der Waals surface area (Å²) in [6, 6.07) is 0. The number of carbonyl (C=O) groups excluding carboxylic acids is 1. The molecule has 1 rings (SSSR count). The highest BCUT2D eigenvalue weighted by Crippen LogP contribution is 2.31. The van der Waals surface area contributed by atoms with Crippen LogP contribution in [0.15, 0.2) is 6.33 Å². The second-order valence-corrected chi connectivity index (χ2v) is 5.40. The summed E-state index contributed by atoms with van der Waals surface area (Å²) in [5, 5.41) is 6.99. The van der Waals surface area contributed by atoms with Crippen LogP contribution in [0.5, 0.6) is 0 Å². The maximum absolute atomic E-state index is 12.5. The van der Waals surface area contributed by atoms with Gasteiger partial charge in [-0.15, -0.1) is 0 Å². The third kappa shape index (κ3) is 3.75. The lowest BCUT2D eigenvalue weighted by atomic mass is 9.78. The molecule has 0 aromatic carbocycles. The van der Waals surface area contributed by atoms with Crippen molar-refractivity contribution in [3.8, 4) is 0 Å². The van der Waals surface area contributed by atoms with Crippen LogP contribution >= 0.6 is 12.2 Å². The Morgan fingerprint density at radius 3 is 2.45 bits per heavy atom. The van der Waals surface area contributed by atoms with Crippen molar-refractivity contribution in [2.24, 2.45) is 18.2 Å². The fourth-order valence-electron chi connectivity index (χ4n) is 2.36. The summed E-state index contributed by atoms with van der Waals surface area (Å²) in [5.74, 6) is 0.451. The van der Waals surface area contributed by atoms with E-state index < -0.39 is 5.41 Å². The fourth-order valence-corrected chi connectivity index (χ4v) is 2.65. The molecule has 1 aromatic rings. The molecule has 0 fully saturated rings. The molecule has 0 bridgehead atoms. The summed E-state index contributed by atoms with van der Waals surface area (Å²) in [5.41, 5.74) is 5.10. The first-order chi connectivity index (χ1) is 9.46. The molecule has 0 saturated heterocycles. The molecule has 1 heterocycles. The Morgan fingerprint density at radius 2 is 2.05 bits per heavy atom. The van der Waals surface area contributed by atoms with Crippen LogP contribution in [-0.2, 0) is 18.4 Å². The van der Waals surface area contributed by atoms with Gasteiger partial charge in [0.2, 0.25) is 5.91 Å². The molecule has 20 heavy (non-hydrogen) atoms. The number of carbonyl (C=O) groups is 1. The van der Waals surface area contributed by atoms with E-state index in [4.69, 9.17) is 18.0 Å². The van der Waals surface area contributed by atoms with Gasteiger partial charge >= 0.3 is 0 Å². The summed E-state index contributed by atoms with van der Waals surface area (Å²) in [6.45, 7) is 4.34. The Balaban J connectivity index is 2.79. The van der Waals surface area contributed by atoms with Crippen LogP contribution in [0, 0.1) is 5.41 Å². The average molecular weight is 297 g/mol. The van der Waals surface area contributed by atoms with Crippen molar-refractivity contribution in [1.29, 1.82) is 0 Å². The summed E-state index contributed by atoms with van der Waals surface area (Å²) in [6.07, 6.45) is 4.63. The molecule has 0 aliphatic rings. The van der Waals surface area contributed by atoms with Gasteiger partial charge in [-0.05, 0) is 12.8 Å². The Morgan fingerprint density at radius 1 is 1.45 bits per heavy atom. The van der Waals surface area contributed by atoms with Gasteiger partial charge in [0.15, 0.2) is 5.82 Å². The lowest BCUT2D eigenvalue weighted by molar-refractivity contribution is -0.128. The van der Waals surface area contributed by atoms with Crippen molar-refractivity contribution in [3.63, 3.8) is 0 Å². The number of nitrogens with one attached hydrogen (secondary N) is 1. The van der Waals surface area contributed by atoms with E-state index >= 15 is 0 Å². The number of rotatable bonds is 8. The van der Waals surface area contributed by atoms with Gasteiger partial charge in [0.05, 0.1) is 16.9 Å². The van der Waals surface area contributed by atoms with Gasteiger partial charge in [0.25, 0.3) is 0 Å². The van der Waals surface area contributed by atoms with Crippen LogP contribution < -0.4 is 11.1 Å². The van der Waals surface area contributed by atoms with E-state index in [1.54, 1.807) is 18.1 Å². The quantitative estimate of drug-likeness (QED) is 0.706. The van der Waals surface area contributed by atoms with E-state index in [-0.39, 0.29) is 17.4 Å². The minimum atomic E-state index is -0.756. The predicted octanol–water partition coefficient (Wildman–Crippen LogP) is 1.30. The zero-order chi connectivity index (χ0) is 15.2. The van der Waals surface area contributed by atoms with E-state index in [2.05, 4.69) is 15.4 Å². The fraction of sp³-hybridized carbons (Fsp3) is 0.692. The molecule has 0 unspecified atom stereocenters. The molecule has 3 N–H and O–H groups in total. The van der Waals surface area contributed by atoms with Crippen molar-refractivity contribution in [3.05, 3.63) is 12.2 Å². The Kier molecular flexibility index (Phi) is 6.06. The number of nitrogens with two attached hydrogens (primary N) is 1. The van der Waals surface area contributed by atoms with Crippen LogP contribution in [-0.4, -0.2) is 25.7 Å². The molecular formula is C13H23N5OS. The molecule has 0 aliphatic heterocycles. The third-order valence-electron chi connectivity index (χ3n) is 3.31. The molecular weight excluding hydrogens is 274 g/mol. The van der Waals surface area contributed by atoms with Crippen LogP contribution in [0.3, 0.4) is 0 Å². The lowest BCUT2D eigenvalue weighted by Crippen LogP contribution is -2.48. The third-order valence-corrected chi connectivity index (χ3v) is 3.70. The van der Waals surface area contributed by atoms with Crippen LogP contribution in [0.1, 0.15) is 45.4 Å². The summed E-state index contributed by atoms with van der Waals surface area (Å²) in [4.78, 5) is 16.9. The highest BCUT2D eigenvalue weighted by atomic mass is 32.1. The van der Waals surface area contributed by atoms with Crippen LogP contribution in [0.2, 0.25) is 0 Å². The lowest BCUT2D eigenvalue weighted by Gasteiger charge is -2.30. The highest BCUT2D eigenvalue weighted by Gasteiger charge is 2.39. The minimum Gasteiger partial charge on any atom is -0.392 e. The molecule has 0 spiro atoms. The second kappa shape index (κ2) is 7.33. The molecule has 0 saturated carbocycles. The van der Waals surface area contributed by atoms with Crippen molar-refractivity contribution < 1.29 is 4.79 Å². The van der Waals surface area contributed by atoms with Gasteiger partial charge in [0.1, 0.15) is 6.33 Å². The Bertz CT molecular complexity index is 465. The number of thiocarbonyl (C=S) groups is 1. The smallest absolute Gasteiger partial charge is 0.233 e. The molecule has 1 amide bonds.